The average molecular weight is 504 g/mol. The molecule has 0 radical (unpaired) electrons. The van der Waals surface area contributed by atoms with E-state index in [2.05, 4.69) is 69.8 Å². The Balaban J connectivity index is 1.75. The highest BCUT2D eigenvalue weighted by atomic mass is 32.1. The Hall–Kier alpha value is -3.59. The van der Waals surface area contributed by atoms with E-state index in [9.17, 15) is 4.79 Å². The molecule has 0 saturated heterocycles. The molecule has 1 unspecified atom stereocenters. The van der Waals surface area contributed by atoms with Crippen molar-refractivity contribution in [1.29, 1.82) is 0 Å². The van der Waals surface area contributed by atoms with Gasteiger partial charge in [0.05, 0.1) is 5.57 Å². The molecule has 2 heterocycles. The number of amides is 1. The van der Waals surface area contributed by atoms with Gasteiger partial charge in [0.1, 0.15) is 11.2 Å². The molecule has 0 bridgehead atoms. The molecular weight excluding hydrogens is 470 g/mol. The number of carbonyl (C=O) groups excluding carboxylic acids is 1. The van der Waals surface area contributed by atoms with E-state index in [-0.39, 0.29) is 12.1 Å². The number of rotatable bonds is 8. The van der Waals surface area contributed by atoms with Gasteiger partial charge >= 0.3 is 0 Å². The molecule has 3 aromatic rings. The molecule has 1 amide bonds. The highest BCUT2D eigenvalue weighted by molar-refractivity contribution is 7.80. The molecule has 1 aliphatic rings. The van der Waals surface area contributed by atoms with Crippen molar-refractivity contribution < 1.29 is 4.79 Å². The monoisotopic (exact) mass is 503 g/mol. The number of likely N-dealkylation sites (N-methyl/N-ethyl adjacent to an activating group) is 1. The predicted molar refractivity (Wildman–Crippen MR) is 146 cm³/mol. The number of nitrogens with one attached hydrogen (secondary N) is 1. The highest BCUT2D eigenvalue weighted by Gasteiger charge is 2.38. The van der Waals surface area contributed by atoms with Gasteiger partial charge in [-0.3, -0.25) is 4.79 Å². The Morgan fingerprint density at radius 3 is 2.53 bits per heavy atom. The summed E-state index contributed by atoms with van der Waals surface area (Å²) in [4.78, 5) is 20.4. The minimum absolute atomic E-state index is 0.0290. The summed E-state index contributed by atoms with van der Waals surface area (Å²) in [7, 11) is 5.81. The van der Waals surface area contributed by atoms with E-state index in [0.717, 1.165) is 47.2 Å². The zero-order valence-electron chi connectivity index (χ0n) is 21.5. The normalized spacial score (nSPS) is 16.0. The molecule has 4 rings (SSSR count). The largest absolute Gasteiger partial charge is 0.368 e. The van der Waals surface area contributed by atoms with Crippen molar-refractivity contribution in [3.8, 4) is 22.5 Å². The molecule has 0 fully saturated rings. The number of H-pyrrole nitrogens is 1. The van der Waals surface area contributed by atoms with E-state index in [0.29, 0.717) is 22.9 Å². The summed E-state index contributed by atoms with van der Waals surface area (Å²) in [5.41, 5.74) is 5.44. The number of aromatic nitrogens is 4. The lowest BCUT2D eigenvalue weighted by atomic mass is 9.96. The number of allylic oxidation sites excluding steroid dienone is 1. The number of hydrogen-bond acceptors (Lipinski definition) is 6. The third-order valence-corrected chi connectivity index (χ3v) is 7.29. The first-order valence-corrected chi connectivity index (χ1v) is 12.6. The van der Waals surface area contributed by atoms with Gasteiger partial charge in [0, 0.05) is 38.9 Å². The molecule has 1 aromatic heterocycles. The topological polar surface area (TPSA) is 81.2 Å². The fourth-order valence-corrected chi connectivity index (χ4v) is 4.88. The molecule has 1 aliphatic heterocycles. The molecule has 9 heteroatoms. The van der Waals surface area contributed by atoms with Gasteiger partial charge in [-0.1, -0.05) is 68.0 Å². The van der Waals surface area contributed by atoms with E-state index in [4.69, 9.17) is 12.2 Å². The molecule has 0 saturated carbocycles. The number of tetrazole rings is 1. The van der Waals surface area contributed by atoms with Crippen LogP contribution in [0.25, 0.3) is 22.5 Å². The third-order valence-electron chi connectivity index (χ3n) is 6.72. The van der Waals surface area contributed by atoms with Crippen molar-refractivity contribution in [1.82, 2.24) is 35.3 Å². The summed E-state index contributed by atoms with van der Waals surface area (Å²) in [6, 6.07) is 16.3. The summed E-state index contributed by atoms with van der Waals surface area (Å²) in [5, 5.41) is 14.8. The Morgan fingerprint density at radius 2 is 1.89 bits per heavy atom. The zero-order valence-corrected chi connectivity index (χ0v) is 22.3. The van der Waals surface area contributed by atoms with Crippen molar-refractivity contribution in [3.05, 3.63) is 65.4 Å². The van der Waals surface area contributed by atoms with Crippen LogP contribution in [0.2, 0.25) is 0 Å². The molecule has 36 heavy (non-hydrogen) atoms. The Kier molecular flexibility index (Phi) is 7.79. The predicted octanol–water partition coefficient (Wildman–Crippen LogP) is 4.49. The summed E-state index contributed by atoms with van der Waals surface area (Å²) < 4.78 is 0. The number of carbonyl (C=O) groups is 1. The van der Waals surface area contributed by atoms with E-state index in [1.165, 1.54) is 0 Å². The molecule has 1 atom stereocenters. The van der Waals surface area contributed by atoms with Crippen molar-refractivity contribution in [2.45, 2.75) is 45.8 Å². The lowest BCUT2D eigenvalue weighted by Gasteiger charge is -2.45. The Labute approximate surface area is 218 Å². The van der Waals surface area contributed by atoms with Gasteiger partial charge in [-0.05, 0) is 47.7 Å². The number of unbranched alkanes of at least 4 members (excludes halogenated alkanes) is 1. The van der Waals surface area contributed by atoms with Gasteiger partial charge in [0.2, 0.25) is 5.82 Å². The molecule has 1 N–H and O–H groups in total. The van der Waals surface area contributed by atoms with Crippen LogP contribution in [0.1, 0.15) is 38.7 Å². The van der Waals surface area contributed by atoms with Gasteiger partial charge in [-0.15, -0.1) is 10.2 Å². The summed E-state index contributed by atoms with van der Waals surface area (Å²) in [6.45, 7) is 4.61. The fourth-order valence-electron chi connectivity index (χ4n) is 4.64. The molecule has 0 spiro atoms. The third kappa shape index (κ3) is 5.02. The van der Waals surface area contributed by atoms with Crippen LogP contribution in [-0.2, 0) is 11.3 Å². The zero-order chi connectivity index (χ0) is 25.8. The van der Waals surface area contributed by atoms with Crippen molar-refractivity contribution in [2.75, 3.05) is 21.1 Å². The van der Waals surface area contributed by atoms with E-state index in [1.807, 2.05) is 49.0 Å². The van der Waals surface area contributed by atoms with Crippen molar-refractivity contribution >= 4 is 23.1 Å². The first kappa shape index (κ1) is 25.5. The van der Waals surface area contributed by atoms with E-state index in [1.54, 1.807) is 0 Å². The minimum atomic E-state index is -0.0476. The molecule has 2 aromatic carbocycles. The summed E-state index contributed by atoms with van der Waals surface area (Å²) in [5.74, 6) is 0.490. The standard InChI is InChI=1S/C27H33N7OS/c1-6-7-13-23-33(5)18(2)24(27(36)32(3)4)26(35)34(23)17-19-14-15-21(20-11-9-8-10-12-20)22(16-19)25-28-30-31-29-25/h8-12,14-16,23H,6-7,13,17H2,1-5H3,(H,28,29,30,31). The first-order chi connectivity index (χ1) is 17.3. The van der Waals surface area contributed by atoms with Crippen molar-refractivity contribution in [2.24, 2.45) is 0 Å². The van der Waals surface area contributed by atoms with Crippen LogP contribution in [0.5, 0.6) is 0 Å². The van der Waals surface area contributed by atoms with Gasteiger partial charge in [-0.2, -0.15) is 5.21 Å². The van der Waals surface area contributed by atoms with Crippen LogP contribution in [0.15, 0.2) is 59.8 Å². The van der Waals surface area contributed by atoms with Crippen molar-refractivity contribution in [3.63, 3.8) is 0 Å². The maximum atomic E-state index is 13.9. The molecular formula is C27H33N7OS. The van der Waals surface area contributed by atoms with Crippen LogP contribution >= 0.6 is 12.2 Å². The SMILES string of the molecule is CCCCC1N(C)C(C)=C(C(=S)N(C)C)C(=O)N1Cc1ccc(-c2ccccc2)c(-c2nn[nH]n2)c1. The van der Waals surface area contributed by atoms with Crippen LogP contribution in [0.3, 0.4) is 0 Å². The maximum Gasteiger partial charge on any atom is 0.260 e. The number of hydrogen-bond donors (Lipinski definition) is 1. The number of nitrogens with zero attached hydrogens (tertiary/aromatic N) is 6. The lowest BCUT2D eigenvalue weighted by Crippen LogP contribution is -2.54. The van der Waals surface area contributed by atoms with E-state index >= 15 is 0 Å². The summed E-state index contributed by atoms with van der Waals surface area (Å²) >= 11 is 5.66. The first-order valence-electron chi connectivity index (χ1n) is 12.2. The lowest BCUT2D eigenvalue weighted by molar-refractivity contribution is -0.135. The summed E-state index contributed by atoms with van der Waals surface area (Å²) in [6.07, 6.45) is 2.93. The maximum absolute atomic E-state index is 13.9. The van der Waals surface area contributed by atoms with Gasteiger partial charge in [0.15, 0.2) is 0 Å². The minimum Gasteiger partial charge on any atom is -0.368 e. The molecule has 0 aliphatic carbocycles. The van der Waals surface area contributed by atoms with Crippen LogP contribution in [-0.4, -0.2) is 73.5 Å². The molecule has 188 valence electrons. The second kappa shape index (κ2) is 11.0. The number of thiocarbonyl (C=S) groups is 1. The smallest absolute Gasteiger partial charge is 0.260 e. The average Bonchev–Trinajstić information content (AvgIpc) is 3.42. The van der Waals surface area contributed by atoms with Gasteiger partial charge in [0.25, 0.3) is 5.91 Å². The quantitative estimate of drug-likeness (QED) is 0.454. The van der Waals surface area contributed by atoms with Crippen LogP contribution < -0.4 is 0 Å². The highest BCUT2D eigenvalue weighted by Crippen LogP contribution is 2.33. The van der Waals surface area contributed by atoms with Gasteiger partial charge in [-0.25, -0.2) is 0 Å². The number of aromatic amines is 1. The van der Waals surface area contributed by atoms with Gasteiger partial charge < -0.3 is 14.7 Å². The Morgan fingerprint density at radius 1 is 1.14 bits per heavy atom. The van der Waals surface area contributed by atoms with Crippen LogP contribution in [0, 0.1) is 0 Å². The van der Waals surface area contributed by atoms with E-state index < -0.39 is 0 Å². The van der Waals surface area contributed by atoms with Crippen LogP contribution in [0.4, 0.5) is 0 Å². The molecule has 8 nitrogen and oxygen atoms in total. The Bertz CT molecular complexity index is 1250. The second-order valence-corrected chi connectivity index (χ2v) is 9.69. The number of benzene rings is 2. The second-order valence-electron chi connectivity index (χ2n) is 9.31. The fraction of sp³-hybridized carbons (Fsp3) is 0.370.